The van der Waals surface area contributed by atoms with E-state index in [1.54, 1.807) is 6.07 Å². The molecule has 0 aliphatic carbocycles. The van der Waals surface area contributed by atoms with Crippen LogP contribution >= 0.6 is 11.6 Å². The van der Waals surface area contributed by atoms with Gasteiger partial charge in [-0.25, -0.2) is 4.39 Å². The molecule has 1 atom stereocenters. The van der Waals surface area contributed by atoms with Gasteiger partial charge < -0.3 is 5.32 Å². The maximum Gasteiger partial charge on any atom is 0.141 e. The molecular formula is C17H27ClFN. The Bertz CT molecular complexity index is 381. The highest BCUT2D eigenvalue weighted by molar-refractivity contribution is 6.30. The first-order chi connectivity index (χ1) is 9.69. The van der Waals surface area contributed by atoms with E-state index in [0.717, 1.165) is 18.5 Å². The molecule has 1 rings (SSSR count). The molecule has 0 saturated carbocycles. The Morgan fingerprint density at radius 2 is 1.80 bits per heavy atom. The summed E-state index contributed by atoms with van der Waals surface area (Å²) in [4.78, 5) is 0. The van der Waals surface area contributed by atoms with Crippen molar-refractivity contribution in [1.82, 2.24) is 5.32 Å². The maximum atomic E-state index is 13.2. The molecule has 0 bridgehead atoms. The van der Waals surface area contributed by atoms with E-state index in [0.29, 0.717) is 0 Å². The third kappa shape index (κ3) is 6.23. The molecule has 0 aliphatic heterocycles. The van der Waals surface area contributed by atoms with Crippen molar-refractivity contribution in [3.05, 3.63) is 34.6 Å². The molecular weight excluding hydrogens is 273 g/mol. The zero-order valence-corrected chi connectivity index (χ0v) is 13.5. The highest BCUT2D eigenvalue weighted by atomic mass is 35.5. The van der Waals surface area contributed by atoms with Gasteiger partial charge in [-0.3, -0.25) is 0 Å². The predicted molar refractivity (Wildman–Crippen MR) is 85.8 cm³/mol. The van der Waals surface area contributed by atoms with Gasteiger partial charge in [-0.2, -0.15) is 0 Å². The fourth-order valence-electron chi connectivity index (χ4n) is 2.49. The van der Waals surface area contributed by atoms with E-state index in [1.807, 2.05) is 6.07 Å². The van der Waals surface area contributed by atoms with Crippen LogP contribution in [-0.2, 0) is 0 Å². The maximum absolute atomic E-state index is 13.2. The third-order valence-electron chi connectivity index (χ3n) is 3.64. The summed E-state index contributed by atoms with van der Waals surface area (Å²) in [5, 5.41) is 3.68. The topological polar surface area (TPSA) is 12.0 Å². The van der Waals surface area contributed by atoms with Crippen LogP contribution < -0.4 is 5.32 Å². The molecule has 20 heavy (non-hydrogen) atoms. The minimum atomic E-state index is -0.342. The van der Waals surface area contributed by atoms with Crippen LogP contribution in [0.25, 0.3) is 0 Å². The van der Waals surface area contributed by atoms with Crippen LogP contribution in [0.2, 0.25) is 5.02 Å². The molecule has 1 unspecified atom stereocenters. The third-order valence-corrected chi connectivity index (χ3v) is 3.93. The van der Waals surface area contributed by atoms with Gasteiger partial charge in [0.15, 0.2) is 0 Å². The summed E-state index contributed by atoms with van der Waals surface area (Å²) in [6, 6.07) is 5.33. The van der Waals surface area contributed by atoms with Crippen LogP contribution in [0.5, 0.6) is 0 Å². The second kappa shape index (κ2) is 10.2. The zero-order valence-electron chi connectivity index (χ0n) is 12.7. The van der Waals surface area contributed by atoms with E-state index < -0.39 is 0 Å². The van der Waals surface area contributed by atoms with Crippen LogP contribution in [0.1, 0.15) is 70.4 Å². The van der Waals surface area contributed by atoms with Gasteiger partial charge in [-0.15, -0.1) is 0 Å². The first kappa shape index (κ1) is 17.5. The summed E-state index contributed by atoms with van der Waals surface area (Å²) >= 11 is 5.87. The Morgan fingerprint density at radius 3 is 2.45 bits per heavy atom. The lowest BCUT2D eigenvalue weighted by Crippen LogP contribution is -2.20. The van der Waals surface area contributed by atoms with E-state index in [2.05, 4.69) is 19.2 Å². The molecule has 114 valence electrons. The van der Waals surface area contributed by atoms with E-state index in [4.69, 9.17) is 11.6 Å². The normalized spacial score (nSPS) is 12.6. The van der Waals surface area contributed by atoms with Crippen molar-refractivity contribution < 1.29 is 4.39 Å². The van der Waals surface area contributed by atoms with Gasteiger partial charge in [0.2, 0.25) is 0 Å². The number of hydrogen-bond donors (Lipinski definition) is 1. The summed E-state index contributed by atoms with van der Waals surface area (Å²) in [5.41, 5.74) is 1.09. The summed E-state index contributed by atoms with van der Waals surface area (Å²) in [6.07, 6.45) is 8.84. The molecule has 1 N–H and O–H groups in total. The first-order valence-corrected chi connectivity index (χ1v) is 8.25. The highest BCUT2D eigenvalue weighted by Gasteiger charge is 2.11. The number of halogens is 2. The number of hydrogen-bond acceptors (Lipinski definition) is 1. The van der Waals surface area contributed by atoms with Crippen molar-refractivity contribution in [2.45, 2.75) is 64.8 Å². The number of rotatable bonds is 10. The lowest BCUT2D eigenvalue weighted by atomic mass is 9.99. The molecule has 3 heteroatoms. The smallest absolute Gasteiger partial charge is 0.141 e. The van der Waals surface area contributed by atoms with Crippen LogP contribution in [0, 0.1) is 5.82 Å². The monoisotopic (exact) mass is 299 g/mol. The molecule has 0 radical (unpaired) electrons. The Labute approximate surface area is 127 Å². The zero-order chi connectivity index (χ0) is 14.8. The summed E-state index contributed by atoms with van der Waals surface area (Å²) in [7, 11) is 0. The molecule has 0 fully saturated rings. The molecule has 0 spiro atoms. The predicted octanol–water partition coefficient (Wildman–Crippen LogP) is 5.88. The summed E-state index contributed by atoms with van der Waals surface area (Å²) in [6.45, 7) is 5.24. The lowest BCUT2D eigenvalue weighted by Gasteiger charge is -2.18. The van der Waals surface area contributed by atoms with E-state index >= 15 is 0 Å². The van der Waals surface area contributed by atoms with Crippen molar-refractivity contribution >= 4 is 11.6 Å². The minimum absolute atomic E-state index is 0.216. The quantitative estimate of drug-likeness (QED) is 0.532. The van der Waals surface area contributed by atoms with Crippen molar-refractivity contribution in [3.8, 4) is 0 Å². The second-order valence-electron chi connectivity index (χ2n) is 5.34. The molecule has 0 saturated heterocycles. The van der Waals surface area contributed by atoms with Gasteiger partial charge in [0.25, 0.3) is 0 Å². The van der Waals surface area contributed by atoms with Gasteiger partial charge in [-0.05, 0) is 30.7 Å². The van der Waals surface area contributed by atoms with Crippen molar-refractivity contribution in [3.63, 3.8) is 0 Å². The van der Waals surface area contributed by atoms with Crippen LogP contribution in [0.3, 0.4) is 0 Å². The molecule has 0 aliphatic rings. The molecule has 0 heterocycles. The Hall–Kier alpha value is -0.600. The Morgan fingerprint density at radius 1 is 1.10 bits per heavy atom. The number of unbranched alkanes of at least 4 members (excludes halogenated alkanes) is 5. The average molecular weight is 300 g/mol. The van der Waals surface area contributed by atoms with Crippen LogP contribution in [-0.4, -0.2) is 6.54 Å². The van der Waals surface area contributed by atoms with Gasteiger partial charge in [0.05, 0.1) is 5.02 Å². The number of nitrogens with one attached hydrogen (secondary N) is 1. The fourth-order valence-corrected chi connectivity index (χ4v) is 2.68. The van der Waals surface area contributed by atoms with Gasteiger partial charge in [-0.1, -0.05) is 70.0 Å². The molecule has 1 nitrogen and oxygen atoms in total. The summed E-state index contributed by atoms with van der Waals surface area (Å²) < 4.78 is 13.2. The van der Waals surface area contributed by atoms with E-state index in [9.17, 15) is 4.39 Å². The number of benzene rings is 1. The minimum Gasteiger partial charge on any atom is -0.310 e. The van der Waals surface area contributed by atoms with Crippen LogP contribution in [0.15, 0.2) is 18.2 Å². The molecule has 0 amide bonds. The van der Waals surface area contributed by atoms with Gasteiger partial charge in [0, 0.05) is 6.04 Å². The van der Waals surface area contributed by atoms with Gasteiger partial charge >= 0.3 is 0 Å². The largest absolute Gasteiger partial charge is 0.310 e. The van der Waals surface area contributed by atoms with Crippen molar-refractivity contribution in [1.29, 1.82) is 0 Å². The van der Waals surface area contributed by atoms with Crippen LogP contribution in [0.4, 0.5) is 4.39 Å². The lowest BCUT2D eigenvalue weighted by molar-refractivity contribution is 0.476. The summed E-state index contributed by atoms with van der Waals surface area (Å²) in [5.74, 6) is -0.342. The Kier molecular flexibility index (Phi) is 8.88. The second-order valence-corrected chi connectivity index (χ2v) is 5.75. The van der Waals surface area contributed by atoms with E-state index in [1.165, 1.54) is 44.6 Å². The standard InChI is InChI=1S/C17H27ClFN/c1-3-5-6-7-8-9-10-17(20-4-2)14-11-12-16(19)15(18)13-14/h11-13,17,20H,3-10H2,1-2H3. The fraction of sp³-hybridized carbons (Fsp3) is 0.647. The molecule has 0 aromatic heterocycles. The highest BCUT2D eigenvalue weighted by Crippen LogP contribution is 2.24. The van der Waals surface area contributed by atoms with Crippen molar-refractivity contribution in [2.24, 2.45) is 0 Å². The Balaban J connectivity index is 2.45. The van der Waals surface area contributed by atoms with E-state index in [-0.39, 0.29) is 16.9 Å². The molecule has 1 aromatic rings. The van der Waals surface area contributed by atoms with Gasteiger partial charge in [0.1, 0.15) is 5.82 Å². The average Bonchev–Trinajstić information content (AvgIpc) is 2.44. The molecule has 1 aromatic carbocycles. The first-order valence-electron chi connectivity index (χ1n) is 7.87. The SMILES string of the molecule is CCCCCCCCC(NCC)c1ccc(F)c(Cl)c1. The van der Waals surface area contributed by atoms with Crippen molar-refractivity contribution in [2.75, 3.05) is 6.54 Å².